The minimum Gasteiger partial charge on any atom is -0.316 e. The number of anilines is 1. The lowest BCUT2D eigenvalue weighted by molar-refractivity contribution is 0.161. The molecule has 0 bridgehead atoms. The predicted octanol–water partition coefficient (Wildman–Crippen LogP) is 4.13. The van der Waals surface area contributed by atoms with Crippen molar-refractivity contribution in [1.82, 2.24) is 20.1 Å². The first kappa shape index (κ1) is 17.0. The topological polar surface area (TPSA) is 73.9 Å². The number of amides is 2. The summed E-state index contributed by atoms with van der Waals surface area (Å²) in [4.78, 5) is 19.4. The molecular weight excluding hydrogens is 322 g/mol. The molecule has 24 heavy (non-hydrogen) atoms. The van der Waals surface area contributed by atoms with Crippen LogP contribution in [-0.2, 0) is 6.42 Å². The van der Waals surface area contributed by atoms with E-state index in [2.05, 4.69) is 34.3 Å². The molecule has 3 rings (SSSR count). The van der Waals surface area contributed by atoms with Gasteiger partial charge in [0.25, 0.3) is 0 Å². The standard InChI is InChI=1S/C17H25N5OS/c1-11(2)10-14-16(24-12(3)19-14)20-17(23)22-9-5-4-6-15(22)13-7-8-18-21-13/h7-8,11,15H,4-6,9-10H2,1-3H3,(H,18,21)(H,20,23)/t15-/m1/s1. The molecule has 130 valence electrons. The third-order valence-electron chi connectivity index (χ3n) is 4.27. The average molecular weight is 347 g/mol. The van der Waals surface area contributed by atoms with E-state index in [0.29, 0.717) is 5.92 Å². The van der Waals surface area contributed by atoms with Gasteiger partial charge in [0.1, 0.15) is 5.00 Å². The number of hydrogen-bond acceptors (Lipinski definition) is 4. The number of nitrogens with one attached hydrogen (secondary N) is 2. The normalized spacial score (nSPS) is 18.2. The number of thiazole rings is 1. The molecule has 1 aliphatic heterocycles. The molecule has 0 aromatic carbocycles. The second-order valence-corrected chi connectivity index (χ2v) is 7.96. The van der Waals surface area contributed by atoms with Crippen LogP contribution < -0.4 is 5.32 Å². The van der Waals surface area contributed by atoms with Gasteiger partial charge in [0.2, 0.25) is 0 Å². The number of hydrogen-bond donors (Lipinski definition) is 2. The summed E-state index contributed by atoms with van der Waals surface area (Å²) in [6.45, 7) is 7.09. The first-order chi connectivity index (χ1) is 11.5. The van der Waals surface area contributed by atoms with Crippen molar-refractivity contribution >= 4 is 22.4 Å². The average Bonchev–Trinajstić information content (AvgIpc) is 3.17. The number of carbonyl (C=O) groups is 1. The molecule has 0 radical (unpaired) electrons. The highest BCUT2D eigenvalue weighted by atomic mass is 32.1. The van der Waals surface area contributed by atoms with Gasteiger partial charge in [0.05, 0.1) is 22.4 Å². The minimum absolute atomic E-state index is 0.0389. The van der Waals surface area contributed by atoms with Gasteiger partial charge in [-0.3, -0.25) is 10.4 Å². The Labute approximate surface area is 146 Å². The number of piperidine rings is 1. The van der Waals surface area contributed by atoms with Gasteiger partial charge >= 0.3 is 6.03 Å². The van der Waals surface area contributed by atoms with Crippen molar-refractivity contribution < 1.29 is 4.79 Å². The molecule has 0 saturated carbocycles. The Morgan fingerprint density at radius 3 is 3.04 bits per heavy atom. The number of carbonyl (C=O) groups excluding carboxylic acids is 1. The molecule has 2 amide bonds. The molecule has 2 aromatic heterocycles. The minimum atomic E-state index is -0.0389. The van der Waals surface area contributed by atoms with Crippen LogP contribution in [0.4, 0.5) is 9.80 Å². The first-order valence-electron chi connectivity index (χ1n) is 8.57. The quantitative estimate of drug-likeness (QED) is 0.873. The van der Waals surface area contributed by atoms with Gasteiger partial charge in [-0.15, -0.1) is 11.3 Å². The molecule has 1 aliphatic rings. The highest BCUT2D eigenvalue weighted by molar-refractivity contribution is 7.16. The lowest BCUT2D eigenvalue weighted by atomic mass is 10.00. The molecule has 1 saturated heterocycles. The zero-order valence-corrected chi connectivity index (χ0v) is 15.3. The Kier molecular flexibility index (Phi) is 5.18. The summed E-state index contributed by atoms with van der Waals surface area (Å²) in [7, 11) is 0. The van der Waals surface area contributed by atoms with Crippen LogP contribution in [0.2, 0.25) is 0 Å². The van der Waals surface area contributed by atoms with Crippen molar-refractivity contribution in [1.29, 1.82) is 0 Å². The highest BCUT2D eigenvalue weighted by Gasteiger charge is 2.29. The monoisotopic (exact) mass is 347 g/mol. The van der Waals surface area contributed by atoms with Crippen LogP contribution in [0.5, 0.6) is 0 Å². The van der Waals surface area contributed by atoms with Gasteiger partial charge < -0.3 is 4.90 Å². The van der Waals surface area contributed by atoms with Crippen molar-refractivity contribution in [2.75, 3.05) is 11.9 Å². The summed E-state index contributed by atoms with van der Waals surface area (Å²) < 4.78 is 0. The largest absolute Gasteiger partial charge is 0.323 e. The number of aryl methyl sites for hydroxylation is 1. The number of rotatable bonds is 4. The smallest absolute Gasteiger partial charge is 0.316 e. The van der Waals surface area contributed by atoms with Crippen molar-refractivity contribution in [3.63, 3.8) is 0 Å². The number of nitrogens with zero attached hydrogens (tertiary/aromatic N) is 3. The maximum atomic E-state index is 12.9. The molecule has 0 unspecified atom stereocenters. The number of aromatic nitrogens is 3. The van der Waals surface area contributed by atoms with Gasteiger partial charge in [0, 0.05) is 12.7 Å². The summed E-state index contributed by atoms with van der Waals surface area (Å²) >= 11 is 1.56. The number of urea groups is 1. The van der Waals surface area contributed by atoms with Gasteiger partial charge in [-0.05, 0) is 44.6 Å². The van der Waals surface area contributed by atoms with Crippen LogP contribution in [-0.4, -0.2) is 32.7 Å². The Bertz CT molecular complexity index is 679. The van der Waals surface area contributed by atoms with Crippen molar-refractivity contribution in [2.45, 2.75) is 52.5 Å². The Balaban J connectivity index is 1.76. The van der Waals surface area contributed by atoms with Crippen molar-refractivity contribution in [3.05, 3.63) is 28.7 Å². The Morgan fingerprint density at radius 2 is 2.33 bits per heavy atom. The van der Waals surface area contributed by atoms with E-state index < -0.39 is 0 Å². The van der Waals surface area contributed by atoms with E-state index in [0.717, 1.165) is 53.6 Å². The zero-order valence-electron chi connectivity index (χ0n) is 14.5. The molecule has 2 aromatic rings. The molecule has 0 spiro atoms. The van der Waals surface area contributed by atoms with E-state index in [-0.39, 0.29) is 12.1 Å². The van der Waals surface area contributed by atoms with Crippen molar-refractivity contribution in [2.24, 2.45) is 5.92 Å². The van der Waals surface area contributed by atoms with E-state index in [1.807, 2.05) is 17.9 Å². The van der Waals surface area contributed by atoms with E-state index in [9.17, 15) is 4.79 Å². The summed E-state index contributed by atoms with van der Waals surface area (Å²) in [5, 5.41) is 12.0. The summed E-state index contributed by atoms with van der Waals surface area (Å²) in [5.41, 5.74) is 2.00. The number of H-pyrrole nitrogens is 1. The summed E-state index contributed by atoms with van der Waals surface area (Å²) in [6, 6.07) is 1.99. The zero-order chi connectivity index (χ0) is 17.1. The molecule has 1 atom stereocenters. The van der Waals surface area contributed by atoms with E-state index in [1.165, 1.54) is 0 Å². The Morgan fingerprint density at radius 1 is 1.50 bits per heavy atom. The molecule has 0 aliphatic carbocycles. The SMILES string of the molecule is Cc1nc(CC(C)C)c(NC(=O)N2CCCC[C@@H]2c2ccn[nH]2)s1. The third kappa shape index (κ3) is 3.77. The number of aromatic amines is 1. The lowest BCUT2D eigenvalue weighted by Crippen LogP contribution is -2.41. The fourth-order valence-corrected chi connectivity index (χ4v) is 4.05. The maximum Gasteiger partial charge on any atom is 0.323 e. The van der Waals surface area contributed by atoms with Gasteiger partial charge in [-0.25, -0.2) is 9.78 Å². The molecular formula is C17H25N5OS. The van der Waals surface area contributed by atoms with Crippen LogP contribution in [0.3, 0.4) is 0 Å². The van der Waals surface area contributed by atoms with Gasteiger partial charge in [-0.2, -0.15) is 5.10 Å². The summed E-state index contributed by atoms with van der Waals surface area (Å²) in [6.07, 6.45) is 5.76. The van der Waals surface area contributed by atoms with Crippen LogP contribution in [0.25, 0.3) is 0 Å². The molecule has 3 heterocycles. The molecule has 2 N–H and O–H groups in total. The number of likely N-dealkylation sites (tertiary alicyclic amines) is 1. The van der Waals surface area contributed by atoms with Crippen LogP contribution in [0, 0.1) is 12.8 Å². The second kappa shape index (κ2) is 7.34. The lowest BCUT2D eigenvalue weighted by Gasteiger charge is -2.34. The first-order valence-corrected chi connectivity index (χ1v) is 9.39. The van der Waals surface area contributed by atoms with E-state index >= 15 is 0 Å². The van der Waals surface area contributed by atoms with Crippen molar-refractivity contribution in [3.8, 4) is 0 Å². The molecule has 6 nitrogen and oxygen atoms in total. The van der Waals surface area contributed by atoms with Crippen LogP contribution >= 0.6 is 11.3 Å². The molecule has 1 fully saturated rings. The predicted molar refractivity (Wildman–Crippen MR) is 96.3 cm³/mol. The molecule has 7 heteroatoms. The van der Waals surface area contributed by atoms with Crippen LogP contribution in [0.1, 0.15) is 55.5 Å². The van der Waals surface area contributed by atoms with Gasteiger partial charge in [-0.1, -0.05) is 13.8 Å². The van der Waals surface area contributed by atoms with E-state index in [4.69, 9.17) is 0 Å². The fraction of sp³-hybridized carbons (Fsp3) is 0.588. The summed E-state index contributed by atoms with van der Waals surface area (Å²) in [5.74, 6) is 0.509. The second-order valence-electron chi connectivity index (χ2n) is 6.75. The van der Waals surface area contributed by atoms with Crippen LogP contribution in [0.15, 0.2) is 12.3 Å². The third-order valence-corrected chi connectivity index (χ3v) is 5.20. The Hall–Kier alpha value is -1.89. The highest BCUT2D eigenvalue weighted by Crippen LogP contribution is 2.32. The fourth-order valence-electron chi connectivity index (χ4n) is 3.21. The van der Waals surface area contributed by atoms with E-state index in [1.54, 1.807) is 17.5 Å². The van der Waals surface area contributed by atoms with Gasteiger partial charge in [0.15, 0.2) is 0 Å². The maximum absolute atomic E-state index is 12.9.